The van der Waals surface area contributed by atoms with Gasteiger partial charge in [0, 0.05) is 19.2 Å². The van der Waals surface area contributed by atoms with Crippen LogP contribution in [0.4, 0.5) is 4.39 Å². The number of aromatic nitrogens is 2. The van der Waals surface area contributed by atoms with Gasteiger partial charge in [0.05, 0.1) is 11.7 Å². The highest BCUT2D eigenvalue weighted by atomic mass is 19.1. The maximum absolute atomic E-state index is 13.5. The van der Waals surface area contributed by atoms with Crippen LogP contribution in [0.5, 0.6) is 0 Å². The monoisotopic (exact) mass is 380 g/mol. The quantitative estimate of drug-likeness (QED) is 0.711. The van der Waals surface area contributed by atoms with Gasteiger partial charge in [-0.25, -0.2) is 4.39 Å². The van der Waals surface area contributed by atoms with Crippen molar-refractivity contribution in [3.63, 3.8) is 0 Å². The van der Waals surface area contributed by atoms with Gasteiger partial charge in [0.2, 0.25) is 0 Å². The molecule has 1 atom stereocenters. The Balaban J connectivity index is 1.75. The largest absolute Gasteiger partial charge is 0.349 e. The zero-order valence-corrected chi connectivity index (χ0v) is 16.6. The molecular formula is C22H25FN4O. The van der Waals surface area contributed by atoms with Gasteiger partial charge in [-0.05, 0) is 56.4 Å². The zero-order valence-electron chi connectivity index (χ0n) is 16.6. The number of nitrogens with one attached hydrogen (secondary N) is 1. The highest BCUT2D eigenvalue weighted by Crippen LogP contribution is 2.23. The normalized spacial score (nSPS) is 12.2. The summed E-state index contributed by atoms with van der Waals surface area (Å²) in [4.78, 5) is 14.7. The highest BCUT2D eigenvalue weighted by molar-refractivity contribution is 5.93. The van der Waals surface area contributed by atoms with Crippen molar-refractivity contribution in [3.05, 3.63) is 77.2 Å². The van der Waals surface area contributed by atoms with Gasteiger partial charge >= 0.3 is 0 Å². The topological polar surface area (TPSA) is 50.2 Å². The van der Waals surface area contributed by atoms with Crippen molar-refractivity contribution in [2.75, 3.05) is 20.6 Å². The van der Waals surface area contributed by atoms with Crippen molar-refractivity contribution in [1.29, 1.82) is 0 Å². The molecule has 0 radical (unpaired) electrons. The second-order valence-corrected chi connectivity index (χ2v) is 7.10. The maximum atomic E-state index is 13.5. The molecule has 2 aromatic carbocycles. The molecule has 0 aliphatic heterocycles. The Kier molecular flexibility index (Phi) is 5.90. The summed E-state index contributed by atoms with van der Waals surface area (Å²) in [7, 11) is 5.75. The van der Waals surface area contributed by atoms with Gasteiger partial charge in [-0.15, -0.1) is 0 Å². The van der Waals surface area contributed by atoms with Crippen molar-refractivity contribution < 1.29 is 9.18 Å². The van der Waals surface area contributed by atoms with E-state index in [-0.39, 0.29) is 17.8 Å². The van der Waals surface area contributed by atoms with Crippen LogP contribution in [0.1, 0.15) is 27.7 Å². The Morgan fingerprint density at radius 1 is 1.18 bits per heavy atom. The number of hydrogen-bond donors (Lipinski definition) is 1. The van der Waals surface area contributed by atoms with E-state index in [0.29, 0.717) is 17.8 Å². The van der Waals surface area contributed by atoms with Crippen LogP contribution in [0.2, 0.25) is 0 Å². The van der Waals surface area contributed by atoms with E-state index >= 15 is 0 Å². The summed E-state index contributed by atoms with van der Waals surface area (Å²) in [5.41, 5.74) is 3.62. The van der Waals surface area contributed by atoms with Crippen molar-refractivity contribution in [3.8, 4) is 11.3 Å². The fourth-order valence-electron chi connectivity index (χ4n) is 3.21. The molecule has 1 N–H and O–H groups in total. The molecule has 0 aliphatic rings. The molecule has 0 aliphatic carbocycles. The van der Waals surface area contributed by atoms with Crippen LogP contribution in [0, 0.1) is 12.7 Å². The Morgan fingerprint density at radius 2 is 1.89 bits per heavy atom. The van der Waals surface area contributed by atoms with Crippen molar-refractivity contribution in [1.82, 2.24) is 20.0 Å². The van der Waals surface area contributed by atoms with Crippen LogP contribution in [0.3, 0.4) is 0 Å². The molecule has 5 nitrogen and oxygen atoms in total. The van der Waals surface area contributed by atoms with Gasteiger partial charge < -0.3 is 10.2 Å². The maximum Gasteiger partial charge on any atom is 0.271 e. The van der Waals surface area contributed by atoms with Crippen LogP contribution in [-0.4, -0.2) is 41.2 Å². The first-order valence-corrected chi connectivity index (χ1v) is 9.17. The smallest absolute Gasteiger partial charge is 0.271 e. The second-order valence-electron chi connectivity index (χ2n) is 7.10. The molecule has 1 unspecified atom stereocenters. The zero-order chi connectivity index (χ0) is 20.3. The summed E-state index contributed by atoms with van der Waals surface area (Å²) in [6.07, 6.45) is 0. The molecule has 0 saturated carbocycles. The molecule has 0 saturated heterocycles. The van der Waals surface area contributed by atoms with E-state index in [1.807, 2.05) is 44.4 Å². The number of amides is 1. The van der Waals surface area contributed by atoms with E-state index < -0.39 is 0 Å². The van der Waals surface area contributed by atoms with Crippen molar-refractivity contribution >= 4 is 5.91 Å². The minimum atomic E-state index is -0.250. The Hall–Kier alpha value is -2.99. The Labute approximate surface area is 164 Å². The number of benzene rings is 2. The van der Waals surface area contributed by atoms with E-state index in [4.69, 9.17) is 0 Å². The Morgan fingerprint density at radius 3 is 2.54 bits per heavy atom. The second kappa shape index (κ2) is 8.35. The van der Waals surface area contributed by atoms with Crippen molar-refractivity contribution in [2.24, 2.45) is 7.05 Å². The number of rotatable bonds is 6. The number of halogens is 1. The number of carbonyl (C=O) groups excluding carboxylic acids is 1. The predicted octanol–water partition coefficient (Wildman–Crippen LogP) is 3.57. The van der Waals surface area contributed by atoms with Crippen LogP contribution in [0.25, 0.3) is 11.3 Å². The minimum absolute atomic E-state index is 0.0630. The van der Waals surface area contributed by atoms with Crippen LogP contribution >= 0.6 is 0 Å². The average Bonchev–Trinajstić information content (AvgIpc) is 3.06. The lowest BCUT2D eigenvalue weighted by molar-refractivity contribution is 0.0936. The molecule has 146 valence electrons. The lowest BCUT2D eigenvalue weighted by Crippen LogP contribution is -2.34. The first-order chi connectivity index (χ1) is 13.4. The van der Waals surface area contributed by atoms with Gasteiger partial charge in [0.25, 0.3) is 5.91 Å². The van der Waals surface area contributed by atoms with Gasteiger partial charge in [-0.2, -0.15) is 5.10 Å². The third kappa shape index (κ3) is 4.28. The molecule has 0 spiro atoms. The average molecular weight is 380 g/mol. The molecular weight excluding hydrogens is 355 g/mol. The lowest BCUT2D eigenvalue weighted by atomic mass is 10.1. The minimum Gasteiger partial charge on any atom is -0.349 e. The van der Waals surface area contributed by atoms with E-state index in [1.165, 1.54) is 6.07 Å². The third-order valence-corrected chi connectivity index (χ3v) is 4.83. The number of nitrogens with zero attached hydrogens (tertiary/aromatic N) is 3. The molecule has 28 heavy (non-hydrogen) atoms. The molecule has 3 rings (SSSR count). The first kappa shape index (κ1) is 19.8. The SMILES string of the molecule is Cc1cc(-c2cc(C(=O)NCC(c3ccccc3)N(C)C)nn2C)ccc1F. The third-order valence-electron chi connectivity index (χ3n) is 4.83. The highest BCUT2D eigenvalue weighted by Gasteiger charge is 2.18. The number of carbonyl (C=O) groups is 1. The van der Waals surface area contributed by atoms with Gasteiger partial charge in [-0.1, -0.05) is 30.3 Å². The van der Waals surface area contributed by atoms with Crippen molar-refractivity contribution in [2.45, 2.75) is 13.0 Å². The number of aryl methyl sites for hydroxylation is 2. The summed E-state index contributed by atoms with van der Waals surface area (Å²) in [5.74, 6) is -0.483. The molecule has 1 amide bonds. The van der Waals surface area contributed by atoms with E-state index in [9.17, 15) is 9.18 Å². The molecule has 1 aromatic heterocycles. The van der Waals surface area contributed by atoms with Crippen LogP contribution in [0.15, 0.2) is 54.6 Å². The summed E-state index contributed by atoms with van der Waals surface area (Å²) in [6, 6.07) is 16.7. The lowest BCUT2D eigenvalue weighted by Gasteiger charge is -2.24. The van der Waals surface area contributed by atoms with Gasteiger partial charge in [-0.3, -0.25) is 9.48 Å². The number of hydrogen-bond acceptors (Lipinski definition) is 3. The van der Waals surface area contributed by atoms with E-state index in [1.54, 1.807) is 36.9 Å². The van der Waals surface area contributed by atoms with E-state index in [2.05, 4.69) is 15.3 Å². The first-order valence-electron chi connectivity index (χ1n) is 9.17. The van der Waals surface area contributed by atoms with Gasteiger partial charge in [0.1, 0.15) is 5.82 Å². The van der Waals surface area contributed by atoms with Gasteiger partial charge in [0.15, 0.2) is 5.69 Å². The summed E-state index contributed by atoms with van der Waals surface area (Å²) >= 11 is 0. The summed E-state index contributed by atoms with van der Waals surface area (Å²) in [5, 5.41) is 7.31. The molecule has 1 heterocycles. The molecule has 0 bridgehead atoms. The summed E-state index contributed by atoms with van der Waals surface area (Å²) < 4.78 is 15.2. The summed E-state index contributed by atoms with van der Waals surface area (Å²) in [6.45, 7) is 2.19. The fourth-order valence-corrected chi connectivity index (χ4v) is 3.21. The standard InChI is InChI=1S/C22H25FN4O/c1-15-12-17(10-11-18(15)23)20-13-19(25-27(20)4)22(28)24-14-21(26(2)3)16-8-6-5-7-9-16/h5-13,21H,14H2,1-4H3,(H,24,28). The van der Waals surface area contributed by atoms with Crippen LogP contribution in [-0.2, 0) is 7.05 Å². The Bertz CT molecular complexity index is 966. The molecule has 6 heteroatoms. The molecule has 0 fully saturated rings. The molecule has 3 aromatic rings. The number of likely N-dealkylation sites (N-methyl/N-ethyl adjacent to an activating group) is 1. The predicted molar refractivity (Wildman–Crippen MR) is 109 cm³/mol. The van der Waals surface area contributed by atoms with E-state index in [0.717, 1.165) is 16.8 Å². The fraction of sp³-hybridized carbons (Fsp3) is 0.273. The van der Waals surface area contributed by atoms with Crippen LogP contribution < -0.4 is 5.32 Å².